The van der Waals surface area contributed by atoms with Crippen LogP contribution < -0.4 is 4.74 Å². The summed E-state index contributed by atoms with van der Waals surface area (Å²) in [4.78, 5) is 14.7. The van der Waals surface area contributed by atoms with Crippen molar-refractivity contribution >= 4 is 5.91 Å². The average Bonchev–Trinajstić information content (AvgIpc) is 3.30. The summed E-state index contributed by atoms with van der Waals surface area (Å²) >= 11 is 0. The highest BCUT2D eigenvalue weighted by molar-refractivity contribution is 5.92. The Labute approximate surface area is 158 Å². The largest absolute Gasteiger partial charge is 0.497 e. The first-order valence-corrected chi connectivity index (χ1v) is 9.22. The fourth-order valence-corrected chi connectivity index (χ4v) is 3.37. The van der Waals surface area contributed by atoms with Gasteiger partial charge in [0.1, 0.15) is 11.4 Å². The Hall–Kier alpha value is -3.09. The Morgan fingerprint density at radius 2 is 2.07 bits per heavy atom. The summed E-state index contributed by atoms with van der Waals surface area (Å²) in [5.74, 6) is 0.777. The SMILES string of the molecule is CCn1ccc(C(=O)N2CCCn3nc(-c4cccc(OC)c4)cc3C2)n1. The second-order valence-corrected chi connectivity index (χ2v) is 6.61. The highest BCUT2D eigenvalue weighted by Crippen LogP contribution is 2.25. The number of fused-ring (bicyclic) bond motifs is 1. The number of hydrogen-bond acceptors (Lipinski definition) is 4. The van der Waals surface area contributed by atoms with Crippen molar-refractivity contribution in [1.82, 2.24) is 24.5 Å². The topological polar surface area (TPSA) is 65.2 Å². The molecule has 0 bridgehead atoms. The molecule has 1 amide bonds. The minimum atomic E-state index is -0.0280. The maximum atomic E-state index is 12.9. The van der Waals surface area contributed by atoms with Crippen LogP contribution in [0.15, 0.2) is 42.6 Å². The molecule has 0 N–H and O–H groups in total. The Balaban J connectivity index is 1.58. The number of hydrogen-bond donors (Lipinski definition) is 0. The summed E-state index contributed by atoms with van der Waals surface area (Å²) in [7, 11) is 1.66. The van der Waals surface area contributed by atoms with E-state index in [9.17, 15) is 4.79 Å². The van der Waals surface area contributed by atoms with E-state index in [0.717, 1.165) is 42.2 Å². The average molecular weight is 365 g/mol. The lowest BCUT2D eigenvalue weighted by atomic mass is 10.1. The van der Waals surface area contributed by atoms with E-state index >= 15 is 0 Å². The van der Waals surface area contributed by atoms with Crippen molar-refractivity contribution in [2.24, 2.45) is 0 Å². The van der Waals surface area contributed by atoms with Gasteiger partial charge in [0.05, 0.1) is 25.0 Å². The fraction of sp³-hybridized carbons (Fsp3) is 0.350. The van der Waals surface area contributed by atoms with Crippen molar-refractivity contribution in [1.29, 1.82) is 0 Å². The number of nitrogens with zero attached hydrogens (tertiary/aromatic N) is 5. The molecule has 0 radical (unpaired) electrons. The van der Waals surface area contributed by atoms with Crippen LogP contribution in [-0.4, -0.2) is 44.0 Å². The molecule has 0 unspecified atom stereocenters. The van der Waals surface area contributed by atoms with Gasteiger partial charge in [-0.2, -0.15) is 10.2 Å². The minimum Gasteiger partial charge on any atom is -0.497 e. The van der Waals surface area contributed by atoms with Crippen LogP contribution in [0.2, 0.25) is 0 Å². The molecule has 0 atom stereocenters. The number of aryl methyl sites for hydroxylation is 2. The molecule has 2 aromatic heterocycles. The smallest absolute Gasteiger partial charge is 0.274 e. The zero-order valence-corrected chi connectivity index (χ0v) is 15.6. The summed E-state index contributed by atoms with van der Waals surface area (Å²) in [6.07, 6.45) is 2.71. The summed E-state index contributed by atoms with van der Waals surface area (Å²) < 4.78 is 9.09. The van der Waals surface area contributed by atoms with Gasteiger partial charge in [0.25, 0.3) is 5.91 Å². The van der Waals surface area contributed by atoms with Gasteiger partial charge in [-0.15, -0.1) is 0 Å². The van der Waals surface area contributed by atoms with E-state index < -0.39 is 0 Å². The summed E-state index contributed by atoms with van der Waals surface area (Å²) in [6, 6.07) is 11.7. The van der Waals surface area contributed by atoms with Gasteiger partial charge >= 0.3 is 0 Å². The molecule has 3 heterocycles. The molecule has 0 saturated heterocycles. The molecule has 1 aliphatic rings. The van der Waals surface area contributed by atoms with Crippen molar-refractivity contribution in [2.75, 3.05) is 13.7 Å². The van der Waals surface area contributed by atoms with Crippen LogP contribution in [0, 0.1) is 0 Å². The first-order chi connectivity index (χ1) is 13.2. The second-order valence-electron chi connectivity index (χ2n) is 6.61. The zero-order valence-electron chi connectivity index (χ0n) is 15.6. The van der Waals surface area contributed by atoms with Gasteiger partial charge < -0.3 is 9.64 Å². The van der Waals surface area contributed by atoms with E-state index in [4.69, 9.17) is 9.84 Å². The Kier molecular flexibility index (Phi) is 4.66. The molecule has 3 aromatic rings. The number of ether oxygens (including phenoxy) is 1. The van der Waals surface area contributed by atoms with Crippen LogP contribution in [0.4, 0.5) is 0 Å². The Bertz CT molecular complexity index is 959. The molecule has 0 aliphatic carbocycles. The lowest BCUT2D eigenvalue weighted by Gasteiger charge is -2.18. The molecule has 27 heavy (non-hydrogen) atoms. The van der Waals surface area contributed by atoms with Crippen molar-refractivity contribution in [2.45, 2.75) is 33.0 Å². The standard InChI is InChI=1S/C20H23N5O2/c1-3-24-11-8-18(21-24)20(26)23-9-5-10-25-16(14-23)13-19(22-25)15-6-4-7-17(12-15)27-2/h4,6-8,11-13H,3,5,9-10,14H2,1-2H3. The number of amides is 1. The van der Waals surface area contributed by atoms with E-state index in [1.54, 1.807) is 17.9 Å². The highest BCUT2D eigenvalue weighted by Gasteiger charge is 2.23. The molecule has 4 rings (SSSR count). The van der Waals surface area contributed by atoms with Crippen molar-refractivity contribution in [3.63, 3.8) is 0 Å². The molecular weight excluding hydrogens is 342 g/mol. The van der Waals surface area contributed by atoms with E-state index in [1.165, 1.54) is 0 Å². The molecule has 0 fully saturated rings. The normalized spacial score (nSPS) is 13.9. The Morgan fingerprint density at radius 1 is 1.19 bits per heavy atom. The number of benzene rings is 1. The Morgan fingerprint density at radius 3 is 2.85 bits per heavy atom. The number of methoxy groups -OCH3 is 1. The molecule has 140 valence electrons. The van der Waals surface area contributed by atoms with Crippen molar-refractivity contribution in [3.8, 4) is 17.0 Å². The van der Waals surface area contributed by atoms with Crippen LogP contribution in [0.5, 0.6) is 5.75 Å². The van der Waals surface area contributed by atoms with E-state index in [-0.39, 0.29) is 5.91 Å². The van der Waals surface area contributed by atoms with Gasteiger partial charge in [0, 0.05) is 31.4 Å². The van der Waals surface area contributed by atoms with Gasteiger partial charge in [-0.1, -0.05) is 12.1 Å². The van der Waals surface area contributed by atoms with Crippen LogP contribution in [-0.2, 0) is 19.6 Å². The number of rotatable bonds is 4. The monoisotopic (exact) mass is 365 g/mol. The van der Waals surface area contributed by atoms with E-state index in [2.05, 4.69) is 11.2 Å². The molecule has 7 heteroatoms. The maximum Gasteiger partial charge on any atom is 0.274 e. The lowest BCUT2D eigenvalue weighted by Crippen LogP contribution is -2.31. The molecule has 0 spiro atoms. The van der Waals surface area contributed by atoms with E-state index in [0.29, 0.717) is 18.8 Å². The highest BCUT2D eigenvalue weighted by atomic mass is 16.5. The molecular formula is C20H23N5O2. The quantitative estimate of drug-likeness (QED) is 0.713. The number of carbonyl (C=O) groups is 1. The van der Waals surface area contributed by atoms with E-state index in [1.807, 2.05) is 47.0 Å². The maximum absolute atomic E-state index is 12.9. The van der Waals surface area contributed by atoms with Crippen molar-refractivity contribution in [3.05, 3.63) is 54.0 Å². The fourth-order valence-electron chi connectivity index (χ4n) is 3.37. The first-order valence-electron chi connectivity index (χ1n) is 9.22. The van der Waals surface area contributed by atoms with Crippen molar-refractivity contribution < 1.29 is 9.53 Å². The third-order valence-corrected chi connectivity index (χ3v) is 4.85. The lowest BCUT2D eigenvalue weighted by molar-refractivity contribution is 0.0739. The van der Waals surface area contributed by atoms with Gasteiger partial charge in [0.2, 0.25) is 0 Å². The summed E-state index contributed by atoms with van der Waals surface area (Å²) in [6.45, 7) is 4.80. The number of carbonyl (C=O) groups excluding carboxylic acids is 1. The first kappa shape index (κ1) is 17.3. The third-order valence-electron chi connectivity index (χ3n) is 4.85. The minimum absolute atomic E-state index is 0.0280. The zero-order chi connectivity index (χ0) is 18.8. The number of aromatic nitrogens is 4. The summed E-state index contributed by atoms with van der Waals surface area (Å²) in [5.41, 5.74) is 3.44. The molecule has 1 aliphatic heterocycles. The van der Waals surface area contributed by atoms with Crippen LogP contribution in [0.25, 0.3) is 11.3 Å². The van der Waals surface area contributed by atoms with Crippen LogP contribution in [0.3, 0.4) is 0 Å². The molecule has 7 nitrogen and oxygen atoms in total. The van der Waals surface area contributed by atoms with Gasteiger partial charge in [0.15, 0.2) is 0 Å². The third kappa shape index (κ3) is 3.45. The molecule has 1 aromatic carbocycles. The van der Waals surface area contributed by atoms with Gasteiger partial charge in [-0.05, 0) is 37.6 Å². The predicted molar refractivity (Wildman–Crippen MR) is 101 cm³/mol. The molecule has 0 saturated carbocycles. The van der Waals surface area contributed by atoms with Gasteiger partial charge in [-0.25, -0.2) is 0 Å². The second kappa shape index (κ2) is 7.26. The van der Waals surface area contributed by atoms with Gasteiger partial charge in [-0.3, -0.25) is 14.2 Å². The van der Waals surface area contributed by atoms with Crippen LogP contribution in [0.1, 0.15) is 29.5 Å². The summed E-state index contributed by atoms with van der Waals surface area (Å²) in [5, 5.41) is 9.10. The predicted octanol–water partition coefficient (Wildman–Crippen LogP) is 2.82. The van der Waals surface area contributed by atoms with Crippen LogP contribution >= 0.6 is 0 Å².